The molecule has 3 heteroatoms. The van der Waals surface area contributed by atoms with Crippen molar-refractivity contribution >= 4 is 5.97 Å². The standard InChI is InChI=1S/C11H22O3/c1-11(2,3)10(13)14-9-7-5-4-6-8-12/h12H,4-9H2,1-3H3. The summed E-state index contributed by atoms with van der Waals surface area (Å²) in [7, 11) is 0. The Bertz CT molecular complexity index is 158. The van der Waals surface area contributed by atoms with Gasteiger partial charge in [-0.15, -0.1) is 0 Å². The molecular weight excluding hydrogens is 180 g/mol. The molecule has 0 aromatic rings. The zero-order chi connectivity index (χ0) is 11.0. The predicted molar refractivity (Wildman–Crippen MR) is 56.0 cm³/mol. The lowest BCUT2D eigenvalue weighted by atomic mass is 9.97. The van der Waals surface area contributed by atoms with Gasteiger partial charge in [0.25, 0.3) is 0 Å². The van der Waals surface area contributed by atoms with Gasteiger partial charge in [0, 0.05) is 6.61 Å². The Kier molecular flexibility index (Phi) is 6.54. The maximum atomic E-state index is 11.3. The molecule has 0 saturated heterocycles. The van der Waals surface area contributed by atoms with Crippen LogP contribution in [0.3, 0.4) is 0 Å². The molecule has 0 bridgehead atoms. The molecule has 14 heavy (non-hydrogen) atoms. The van der Waals surface area contributed by atoms with Crippen molar-refractivity contribution < 1.29 is 14.6 Å². The third-order valence-corrected chi connectivity index (χ3v) is 1.90. The molecule has 0 heterocycles. The Hall–Kier alpha value is -0.570. The topological polar surface area (TPSA) is 46.5 Å². The van der Waals surface area contributed by atoms with Crippen LogP contribution in [0.2, 0.25) is 0 Å². The number of hydrogen-bond donors (Lipinski definition) is 1. The van der Waals surface area contributed by atoms with E-state index < -0.39 is 5.41 Å². The highest BCUT2D eigenvalue weighted by Crippen LogP contribution is 2.15. The highest BCUT2D eigenvalue weighted by atomic mass is 16.5. The van der Waals surface area contributed by atoms with Crippen molar-refractivity contribution in [2.45, 2.75) is 46.5 Å². The third-order valence-electron chi connectivity index (χ3n) is 1.90. The molecule has 3 nitrogen and oxygen atoms in total. The van der Waals surface area contributed by atoms with Gasteiger partial charge in [-0.05, 0) is 40.0 Å². The highest BCUT2D eigenvalue weighted by Gasteiger charge is 2.22. The number of unbranched alkanes of at least 4 members (excludes halogenated alkanes) is 3. The molecule has 0 aliphatic carbocycles. The van der Waals surface area contributed by atoms with Crippen LogP contribution in [0, 0.1) is 5.41 Å². The van der Waals surface area contributed by atoms with E-state index in [4.69, 9.17) is 9.84 Å². The second-order valence-electron chi connectivity index (χ2n) is 4.52. The Morgan fingerprint density at radius 1 is 1.14 bits per heavy atom. The molecule has 0 aliphatic heterocycles. The molecule has 0 atom stereocenters. The molecule has 0 spiro atoms. The van der Waals surface area contributed by atoms with E-state index in [1.54, 1.807) is 0 Å². The van der Waals surface area contributed by atoms with Crippen LogP contribution in [0.15, 0.2) is 0 Å². The minimum Gasteiger partial charge on any atom is -0.465 e. The Morgan fingerprint density at radius 3 is 2.21 bits per heavy atom. The summed E-state index contributed by atoms with van der Waals surface area (Å²) in [4.78, 5) is 11.3. The molecular formula is C11H22O3. The lowest BCUT2D eigenvalue weighted by Crippen LogP contribution is -2.23. The lowest BCUT2D eigenvalue weighted by Gasteiger charge is -2.16. The molecule has 0 aromatic carbocycles. The first kappa shape index (κ1) is 13.4. The molecule has 1 N–H and O–H groups in total. The number of carbonyl (C=O) groups excluding carboxylic acids is 1. The van der Waals surface area contributed by atoms with Gasteiger partial charge in [0.1, 0.15) is 0 Å². The zero-order valence-electron chi connectivity index (χ0n) is 9.51. The first-order valence-corrected chi connectivity index (χ1v) is 5.26. The first-order valence-electron chi connectivity index (χ1n) is 5.26. The van der Waals surface area contributed by atoms with Gasteiger partial charge in [0.15, 0.2) is 0 Å². The fourth-order valence-corrected chi connectivity index (χ4v) is 0.949. The number of hydrogen-bond acceptors (Lipinski definition) is 3. The summed E-state index contributed by atoms with van der Waals surface area (Å²) in [5.74, 6) is -0.139. The molecule has 0 amide bonds. The van der Waals surface area contributed by atoms with E-state index >= 15 is 0 Å². The van der Waals surface area contributed by atoms with Gasteiger partial charge in [-0.3, -0.25) is 4.79 Å². The van der Waals surface area contributed by atoms with E-state index in [9.17, 15) is 4.79 Å². The van der Waals surface area contributed by atoms with Gasteiger partial charge in [0.2, 0.25) is 0 Å². The van der Waals surface area contributed by atoms with E-state index in [-0.39, 0.29) is 12.6 Å². The monoisotopic (exact) mass is 202 g/mol. The number of carbonyl (C=O) groups is 1. The van der Waals surface area contributed by atoms with Crippen LogP contribution in [0.5, 0.6) is 0 Å². The summed E-state index contributed by atoms with van der Waals surface area (Å²) in [5, 5.41) is 8.53. The summed E-state index contributed by atoms with van der Waals surface area (Å²) in [6.45, 7) is 6.30. The summed E-state index contributed by atoms with van der Waals surface area (Å²) in [6, 6.07) is 0. The van der Waals surface area contributed by atoms with Crippen LogP contribution in [0.25, 0.3) is 0 Å². The first-order chi connectivity index (χ1) is 6.48. The Morgan fingerprint density at radius 2 is 1.71 bits per heavy atom. The molecule has 0 saturated carbocycles. The zero-order valence-corrected chi connectivity index (χ0v) is 9.51. The largest absolute Gasteiger partial charge is 0.465 e. The molecule has 84 valence electrons. The van der Waals surface area contributed by atoms with Crippen molar-refractivity contribution in [3.63, 3.8) is 0 Å². The second kappa shape index (κ2) is 6.82. The number of aliphatic hydroxyl groups excluding tert-OH is 1. The van der Waals surface area contributed by atoms with Crippen LogP contribution >= 0.6 is 0 Å². The molecule has 0 fully saturated rings. The quantitative estimate of drug-likeness (QED) is 0.530. The lowest BCUT2D eigenvalue weighted by molar-refractivity contribution is -0.153. The van der Waals surface area contributed by atoms with E-state index in [1.165, 1.54) is 0 Å². The van der Waals surface area contributed by atoms with Crippen molar-refractivity contribution in [3.05, 3.63) is 0 Å². The molecule has 0 rings (SSSR count). The smallest absolute Gasteiger partial charge is 0.311 e. The molecule has 0 aliphatic rings. The average molecular weight is 202 g/mol. The number of rotatable bonds is 6. The Labute approximate surface area is 86.5 Å². The normalized spacial score (nSPS) is 11.4. The molecule has 0 radical (unpaired) electrons. The maximum absolute atomic E-state index is 11.3. The number of ether oxygens (including phenoxy) is 1. The SMILES string of the molecule is CC(C)(C)C(=O)OCCCCCCO. The summed E-state index contributed by atoms with van der Waals surface area (Å²) < 4.78 is 5.09. The van der Waals surface area contributed by atoms with Crippen molar-refractivity contribution in [3.8, 4) is 0 Å². The fraction of sp³-hybridized carbons (Fsp3) is 0.909. The fourth-order valence-electron chi connectivity index (χ4n) is 0.949. The van der Waals surface area contributed by atoms with Crippen LogP contribution in [-0.4, -0.2) is 24.3 Å². The van der Waals surface area contributed by atoms with E-state index in [2.05, 4.69) is 0 Å². The summed E-state index contributed by atoms with van der Waals surface area (Å²) >= 11 is 0. The Balaban J connectivity index is 3.33. The van der Waals surface area contributed by atoms with Gasteiger partial charge >= 0.3 is 5.97 Å². The highest BCUT2D eigenvalue weighted by molar-refractivity contribution is 5.75. The van der Waals surface area contributed by atoms with Crippen molar-refractivity contribution in [1.82, 2.24) is 0 Å². The average Bonchev–Trinajstić information content (AvgIpc) is 2.09. The van der Waals surface area contributed by atoms with Crippen molar-refractivity contribution in [1.29, 1.82) is 0 Å². The van der Waals surface area contributed by atoms with Crippen LogP contribution < -0.4 is 0 Å². The number of aliphatic hydroxyl groups is 1. The predicted octanol–water partition coefficient (Wildman–Crippen LogP) is 2.13. The second-order valence-corrected chi connectivity index (χ2v) is 4.52. The number of esters is 1. The van der Waals surface area contributed by atoms with Gasteiger partial charge < -0.3 is 9.84 Å². The summed E-state index contributed by atoms with van der Waals surface area (Å²) in [6.07, 6.45) is 3.75. The minimum absolute atomic E-state index is 0.139. The van der Waals surface area contributed by atoms with E-state index in [0.717, 1.165) is 25.7 Å². The van der Waals surface area contributed by atoms with Crippen molar-refractivity contribution in [2.24, 2.45) is 5.41 Å². The third kappa shape index (κ3) is 6.89. The van der Waals surface area contributed by atoms with Gasteiger partial charge in [-0.2, -0.15) is 0 Å². The van der Waals surface area contributed by atoms with E-state index in [0.29, 0.717) is 6.61 Å². The van der Waals surface area contributed by atoms with E-state index in [1.807, 2.05) is 20.8 Å². The van der Waals surface area contributed by atoms with Gasteiger partial charge in [0.05, 0.1) is 12.0 Å². The summed E-state index contributed by atoms with van der Waals surface area (Å²) in [5.41, 5.74) is -0.398. The van der Waals surface area contributed by atoms with Crippen molar-refractivity contribution in [2.75, 3.05) is 13.2 Å². The molecule has 0 unspecified atom stereocenters. The molecule has 0 aromatic heterocycles. The maximum Gasteiger partial charge on any atom is 0.311 e. The van der Waals surface area contributed by atoms with Gasteiger partial charge in [-0.25, -0.2) is 0 Å². The van der Waals surface area contributed by atoms with Gasteiger partial charge in [-0.1, -0.05) is 6.42 Å². The van der Waals surface area contributed by atoms with Crippen LogP contribution in [0.4, 0.5) is 0 Å². The van der Waals surface area contributed by atoms with Crippen LogP contribution in [-0.2, 0) is 9.53 Å². The van der Waals surface area contributed by atoms with Crippen LogP contribution in [0.1, 0.15) is 46.5 Å². The minimum atomic E-state index is -0.398.